The number of aliphatic hydroxyl groups is 3. The molecule has 0 unspecified atom stereocenters. The molecule has 3 saturated heterocycles. The minimum atomic E-state index is -1.91. The maximum atomic E-state index is 14.8. The number of hydrogen-bond acceptors (Lipinski definition) is 20. The van der Waals surface area contributed by atoms with Crippen LogP contribution in [0.2, 0.25) is 0 Å². The Morgan fingerprint density at radius 2 is 0.892 bits per heavy atom. The average Bonchev–Trinajstić information content (AvgIpc) is 1.62. The molecule has 0 radical (unpaired) electrons. The third-order valence-corrected chi connectivity index (χ3v) is 22.2. The molecule has 120 heavy (non-hydrogen) atoms. The Morgan fingerprint density at radius 3 is 1.39 bits per heavy atom. The van der Waals surface area contributed by atoms with E-state index in [0.717, 1.165) is 20.9 Å². The van der Waals surface area contributed by atoms with Gasteiger partial charge in [-0.3, -0.25) is 81.5 Å². The monoisotopic (exact) mass is 1680 g/mol. The van der Waals surface area contributed by atoms with Crippen molar-refractivity contribution in [1.82, 2.24) is 83.8 Å². The van der Waals surface area contributed by atoms with Crippen LogP contribution in [0, 0.1) is 5.92 Å². The highest BCUT2D eigenvalue weighted by atomic mass is 16.3. The van der Waals surface area contributed by atoms with Crippen LogP contribution < -0.4 is 74.9 Å². The minimum absolute atomic E-state index is 0.0120. The van der Waals surface area contributed by atoms with Gasteiger partial charge in [-0.05, 0) is 158 Å². The first-order valence-electron chi connectivity index (χ1n) is 40.9. The standard InChI is InChI=1S/C83H129N17O20/c1-20-81(17,97-70(115)78(11,12)95-69(114)77(9,10)94-68(113)76(7,8)90-63(108)56(86-48(6)102)40-50-32-27-24-28-33-50)71(116)85-43-61(106)88-55(38-47(4)5)64(109)92-82(18,21-2)72(117)96-80(15,16)74(119)99-44-52(103)41-58(99)66(111)89-54(35-36-60(84)105)62(107)93-83(19,22-3)75(120)100-45-53(104)42-59(100)67(112)91-79(13,14)73(118)98-37-29-34-57(98)65(110)87-51(46-101)39-49-30-25-23-26-31-49/h23-28,30-33,47,51-59,101,103-104H,20-22,29,34-46H2,1-19H3,(H2,84,105)(H,85,116)(H,86,102)(H,87,110)(H,88,106)(H,89,111)(H,90,108)(H,91,112)(H,92,109)(H,93,107)(H,94,113)(H,95,114)(H,96,117)(H,97,115)/t51-,52-,53-,54-,55+,56+,57+,58+,59-,81-,82-,83-/m1/s1. The number of primary amides is 1. The fourth-order valence-corrected chi connectivity index (χ4v) is 14.1. The number of carbonyl (C=O) groups excluding carboxylic acids is 17. The van der Waals surface area contributed by atoms with E-state index < -0.39 is 225 Å². The second-order valence-electron chi connectivity index (χ2n) is 35.4. The first kappa shape index (κ1) is 99.9. The van der Waals surface area contributed by atoms with Gasteiger partial charge < -0.3 is 105 Å². The molecule has 3 fully saturated rings. The van der Waals surface area contributed by atoms with E-state index in [2.05, 4.69) is 69.1 Å². The van der Waals surface area contributed by atoms with E-state index in [0.29, 0.717) is 19.3 Å². The minimum Gasteiger partial charge on any atom is -0.394 e. The number of benzene rings is 2. The van der Waals surface area contributed by atoms with Crippen LogP contribution in [0.1, 0.15) is 207 Å². The quantitative estimate of drug-likeness (QED) is 0.0346. The van der Waals surface area contributed by atoms with Crippen LogP contribution in [-0.4, -0.2) is 262 Å². The van der Waals surface area contributed by atoms with Gasteiger partial charge in [0.25, 0.3) is 0 Å². The highest BCUT2D eigenvalue weighted by Gasteiger charge is 2.52. The number of amides is 17. The van der Waals surface area contributed by atoms with Crippen molar-refractivity contribution in [2.24, 2.45) is 11.7 Å². The number of hydrogen-bond donors (Lipinski definition) is 17. The Morgan fingerprint density at radius 1 is 0.458 bits per heavy atom. The maximum Gasteiger partial charge on any atom is 0.248 e. The summed E-state index contributed by atoms with van der Waals surface area (Å²) in [6, 6.07) is 9.58. The van der Waals surface area contributed by atoms with E-state index in [9.17, 15) is 96.8 Å². The number of carbonyl (C=O) groups is 17. The van der Waals surface area contributed by atoms with Gasteiger partial charge in [-0.2, -0.15) is 0 Å². The van der Waals surface area contributed by atoms with Crippen molar-refractivity contribution >= 4 is 100 Å². The van der Waals surface area contributed by atoms with Crippen LogP contribution in [-0.2, 0) is 94.3 Å². The van der Waals surface area contributed by atoms with Crippen molar-refractivity contribution in [3.8, 4) is 0 Å². The fourth-order valence-electron chi connectivity index (χ4n) is 14.1. The van der Waals surface area contributed by atoms with Gasteiger partial charge in [-0.1, -0.05) is 95.3 Å². The lowest BCUT2D eigenvalue weighted by Gasteiger charge is -2.38. The third kappa shape index (κ3) is 26.9. The van der Waals surface area contributed by atoms with Crippen LogP contribution >= 0.6 is 0 Å². The van der Waals surface area contributed by atoms with Crippen molar-refractivity contribution in [2.75, 3.05) is 32.8 Å². The van der Waals surface area contributed by atoms with E-state index in [-0.39, 0.29) is 70.6 Å². The first-order valence-corrected chi connectivity index (χ1v) is 40.9. The summed E-state index contributed by atoms with van der Waals surface area (Å²) in [5.41, 5.74) is -6.95. The zero-order valence-electron chi connectivity index (χ0n) is 72.8. The Hall–Kier alpha value is -10.7. The fraction of sp³-hybridized carbons (Fsp3) is 0.651. The summed E-state index contributed by atoms with van der Waals surface area (Å²) in [6.45, 7) is 25.5. The van der Waals surface area contributed by atoms with Gasteiger partial charge in [0, 0.05) is 52.2 Å². The molecule has 0 bridgehead atoms. The van der Waals surface area contributed by atoms with Gasteiger partial charge in [0.2, 0.25) is 100 Å². The molecule has 37 nitrogen and oxygen atoms in total. The van der Waals surface area contributed by atoms with E-state index in [1.54, 1.807) is 65.0 Å². The van der Waals surface area contributed by atoms with Gasteiger partial charge in [0.15, 0.2) is 0 Å². The molecule has 0 spiro atoms. The Bertz CT molecular complexity index is 4100. The topological polar surface area (TPSA) is 543 Å². The summed E-state index contributed by atoms with van der Waals surface area (Å²) >= 11 is 0. The van der Waals surface area contributed by atoms with Gasteiger partial charge in [0.1, 0.15) is 80.6 Å². The van der Waals surface area contributed by atoms with Crippen LogP contribution in [0.15, 0.2) is 60.7 Å². The summed E-state index contributed by atoms with van der Waals surface area (Å²) in [5.74, 6) is -13.9. The number of β-amino-alcohol motifs (C(OH)–C–C–N with tert-alkyl or cyclic N) is 2. The molecule has 0 aliphatic carbocycles. The predicted octanol–water partition coefficient (Wildman–Crippen LogP) is -1.91. The molecule has 666 valence electrons. The van der Waals surface area contributed by atoms with Crippen LogP contribution in [0.5, 0.6) is 0 Å². The number of nitrogens with one attached hydrogen (secondary N) is 13. The Labute approximate surface area is 701 Å². The van der Waals surface area contributed by atoms with Crippen molar-refractivity contribution in [1.29, 1.82) is 0 Å². The largest absolute Gasteiger partial charge is 0.394 e. The molecule has 37 heteroatoms. The molecule has 2 aromatic carbocycles. The number of likely N-dealkylation sites (tertiary alicyclic amines) is 3. The highest BCUT2D eigenvalue weighted by Crippen LogP contribution is 2.30. The predicted molar refractivity (Wildman–Crippen MR) is 440 cm³/mol. The van der Waals surface area contributed by atoms with Crippen molar-refractivity contribution < 1.29 is 96.8 Å². The van der Waals surface area contributed by atoms with Crippen molar-refractivity contribution in [3.63, 3.8) is 0 Å². The molecule has 18 N–H and O–H groups in total. The number of nitrogens with two attached hydrogens (primary N) is 1. The third-order valence-electron chi connectivity index (χ3n) is 22.2. The zero-order valence-corrected chi connectivity index (χ0v) is 72.8. The Balaban J connectivity index is 1.20. The van der Waals surface area contributed by atoms with Gasteiger partial charge in [-0.15, -0.1) is 0 Å². The highest BCUT2D eigenvalue weighted by molar-refractivity contribution is 6.04. The molecule has 0 saturated carbocycles. The molecule has 2 aromatic rings. The van der Waals surface area contributed by atoms with Gasteiger partial charge >= 0.3 is 0 Å². The van der Waals surface area contributed by atoms with E-state index in [4.69, 9.17) is 5.73 Å². The van der Waals surface area contributed by atoms with E-state index >= 15 is 0 Å². The van der Waals surface area contributed by atoms with Crippen LogP contribution in [0.4, 0.5) is 0 Å². The number of aliphatic hydroxyl groups excluding tert-OH is 3. The molecule has 3 aliphatic heterocycles. The van der Waals surface area contributed by atoms with Gasteiger partial charge in [-0.25, -0.2) is 0 Å². The Kier molecular flexibility index (Phi) is 34.6. The lowest BCUT2D eigenvalue weighted by atomic mass is 9.93. The summed E-state index contributed by atoms with van der Waals surface area (Å²) in [4.78, 5) is 240. The first-order chi connectivity index (χ1) is 55.5. The smallest absolute Gasteiger partial charge is 0.248 e. The van der Waals surface area contributed by atoms with E-state index in [1.165, 1.54) is 102 Å². The second kappa shape index (κ2) is 41.5. The SMILES string of the molecule is CC[C@@](C)(NC(=O)[C@H](CC(C)C)NC(=O)CNC(=O)[C@@](C)(CC)NC(=O)C(C)(C)NC(=O)C(C)(C)NC(=O)C(C)(C)NC(=O)[C@H](Cc1ccccc1)NC(C)=O)C(=O)NC(C)(C)C(=O)N1C[C@H](O)C[C@H]1C(=O)N[C@H](CCC(N)=O)C(=O)N[C@](C)(CC)C(=O)N1C[C@H](O)C[C@@H]1C(=O)NC(C)(C)C(=O)N1CCC[C@H]1C(=O)N[C@@H](CO)Cc1ccccc1. The lowest BCUT2D eigenvalue weighted by molar-refractivity contribution is -0.149. The molecule has 3 heterocycles. The number of rotatable bonds is 41. The summed E-state index contributed by atoms with van der Waals surface area (Å²) in [6.07, 6.45) is -3.20. The zero-order chi connectivity index (χ0) is 90.8. The van der Waals surface area contributed by atoms with E-state index in [1.807, 2.05) is 30.3 Å². The molecule has 3 aliphatic rings. The normalized spacial score (nSPS) is 19.5. The molecule has 0 aromatic heterocycles. The van der Waals surface area contributed by atoms with Crippen molar-refractivity contribution in [2.45, 2.75) is 307 Å². The lowest BCUT2D eigenvalue weighted by Crippen LogP contribution is -2.68. The average molecular weight is 1690 g/mol. The summed E-state index contributed by atoms with van der Waals surface area (Å²) < 4.78 is 0. The second-order valence-corrected chi connectivity index (χ2v) is 35.4. The van der Waals surface area contributed by atoms with Crippen LogP contribution in [0.25, 0.3) is 0 Å². The molecule has 5 rings (SSSR count). The van der Waals surface area contributed by atoms with Gasteiger partial charge in [0.05, 0.1) is 31.4 Å². The van der Waals surface area contributed by atoms with Crippen LogP contribution in [0.3, 0.4) is 0 Å². The molecule has 17 amide bonds. The molecule has 12 atom stereocenters. The summed E-state index contributed by atoms with van der Waals surface area (Å²) in [5, 5.41) is 66.5. The molecular weight excluding hydrogens is 1560 g/mol. The number of nitrogens with zero attached hydrogens (tertiary/aromatic N) is 3. The summed E-state index contributed by atoms with van der Waals surface area (Å²) in [7, 11) is 0. The molecular formula is C83H129N17O20. The maximum absolute atomic E-state index is 14.8. The van der Waals surface area contributed by atoms with Crippen molar-refractivity contribution in [3.05, 3.63) is 71.8 Å².